The maximum absolute atomic E-state index is 4.04. The molecular formula is C27H32Cl2N2. The molecule has 0 radical (unpaired) electrons. The molecule has 0 aliphatic heterocycles. The molecule has 0 unspecified atom stereocenters. The van der Waals surface area contributed by atoms with Crippen molar-refractivity contribution < 1.29 is 0 Å². The molecule has 0 bridgehead atoms. The van der Waals surface area contributed by atoms with Crippen molar-refractivity contribution in [3.8, 4) is 11.1 Å². The van der Waals surface area contributed by atoms with Gasteiger partial charge in [0.25, 0.3) is 0 Å². The maximum atomic E-state index is 4.04. The van der Waals surface area contributed by atoms with Crippen LogP contribution in [0, 0.1) is 0 Å². The second kappa shape index (κ2) is 9.75. The summed E-state index contributed by atoms with van der Waals surface area (Å²) in [6.07, 6.45) is 4.79. The number of hydrogen-bond donors (Lipinski definition) is 1. The molecule has 3 aromatic carbocycles. The van der Waals surface area contributed by atoms with Crippen molar-refractivity contribution in [1.82, 2.24) is 10.2 Å². The Morgan fingerprint density at radius 2 is 1.19 bits per heavy atom. The maximum Gasteiger partial charge on any atom is 0.0591 e. The summed E-state index contributed by atoms with van der Waals surface area (Å²) in [5.41, 5.74) is 7.26. The van der Waals surface area contributed by atoms with E-state index < -0.39 is 0 Å². The smallest absolute Gasteiger partial charge is 0.0591 e. The van der Waals surface area contributed by atoms with Crippen LogP contribution in [0.3, 0.4) is 0 Å². The minimum atomic E-state index is 0. The molecule has 0 aromatic heterocycles. The number of halogens is 2. The molecule has 2 aliphatic rings. The molecule has 0 saturated heterocycles. The van der Waals surface area contributed by atoms with E-state index in [-0.39, 0.29) is 30.4 Å². The van der Waals surface area contributed by atoms with Gasteiger partial charge in [0.05, 0.1) is 6.04 Å². The van der Waals surface area contributed by atoms with Crippen LogP contribution < -0.4 is 5.32 Å². The number of nitrogens with one attached hydrogen (secondary N) is 1. The second-order valence-electron chi connectivity index (χ2n) is 8.84. The van der Waals surface area contributed by atoms with Crippen LogP contribution in [0.5, 0.6) is 0 Å². The lowest BCUT2D eigenvalue weighted by Gasteiger charge is -2.46. The SMILES string of the molecule is CN(C)C1(c2ccccc2)CCC(NC2c3ccccc3-c3ccccc32)CC1.Cl.Cl. The molecule has 4 heteroatoms. The van der Waals surface area contributed by atoms with Crippen molar-refractivity contribution in [3.63, 3.8) is 0 Å². The van der Waals surface area contributed by atoms with Crippen LogP contribution in [0.2, 0.25) is 0 Å². The van der Waals surface area contributed by atoms with Gasteiger partial charge in [-0.05, 0) is 67.6 Å². The summed E-state index contributed by atoms with van der Waals surface area (Å²) >= 11 is 0. The molecule has 0 spiro atoms. The van der Waals surface area contributed by atoms with Gasteiger partial charge in [-0.1, -0.05) is 78.9 Å². The van der Waals surface area contributed by atoms with Gasteiger partial charge in [0, 0.05) is 11.6 Å². The highest BCUT2D eigenvalue weighted by Crippen LogP contribution is 2.45. The van der Waals surface area contributed by atoms with Gasteiger partial charge < -0.3 is 5.32 Å². The highest BCUT2D eigenvalue weighted by atomic mass is 35.5. The summed E-state index contributed by atoms with van der Waals surface area (Å²) < 4.78 is 0. The zero-order valence-corrected chi connectivity index (χ0v) is 19.9. The lowest BCUT2D eigenvalue weighted by molar-refractivity contribution is 0.0843. The van der Waals surface area contributed by atoms with Crippen LogP contribution in [0.4, 0.5) is 0 Å². The minimum Gasteiger partial charge on any atom is -0.303 e. The number of hydrogen-bond acceptors (Lipinski definition) is 2. The van der Waals surface area contributed by atoms with Crippen LogP contribution in [0.15, 0.2) is 78.9 Å². The third-order valence-electron chi connectivity index (χ3n) is 7.22. The first kappa shape index (κ1) is 23.8. The Morgan fingerprint density at radius 3 is 1.71 bits per heavy atom. The third-order valence-corrected chi connectivity index (χ3v) is 7.22. The fraction of sp³-hybridized carbons (Fsp3) is 0.333. The Kier molecular flexibility index (Phi) is 7.49. The zero-order valence-electron chi connectivity index (χ0n) is 18.3. The van der Waals surface area contributed by atoms with E-state index >= 15 is 0 Å². The van der Waals surface area contributed by atoms with Crippen molar-refractivity contribution in [1.29, 1.82) is 0 Å². The number of rotatable bonds is 4. The van der Waals surface area contributed by atoms with E-state index in [9.17, 15) is 0 Å². The second-order valence-corrected chi connectivity index (χ2v) is 8.84. The minimum absolute atomic E-state index is 0. The first-order valence-electron chi connectivity index (χ1n) is 10.9. The van der Waals surface area contributed by atoms with Crippen molar-refractivity contribution in [2.45, 2.75) is 43.3 Å². The Hall–Kier alpha value is -1.84. The number of nitrogens with zero attached hydrogens (tertiary/aromatic N) is 1. The average molecular weight is 455 g/mol. The molecule has 1 fully saturated rings. The summed E-state index contributed by atoms with van der Waals surface area (Å²) in [7, 11) is 4.48. The third kappa shape index (κ3) is 4.15. The van der Waals surface area contributed by atoms with Gasteiger partial charge in [0.15, 0.2) is 0 Å². The zero-order chi connectivity index (χ0) is 19.8. The van der Waals surface area contributed by atoms with E-state index in [1.165, 1.54) is 53.5 Å². The summed E-state index contributed by atoms with van der Waals surface area (Å²) in [5.74, 6) is 0. The predicted octanol–water partition coefficient (Wildman–Crippen LogP) is 6.59. The van der Waals surface area contributed by atoms with Gasteiger partial charge in [-0.2, -0.15) is 0 Å². The van der Waals surface area contributed by atoms with Gasteiger partial charge in [-0.15, -0.1) is 24.8 Å². The van der Waals surface area contributed by atoms with Crippen molar-refractivity contribution in [2.24, 2.45) is 0 Å². The van der Waals surface area contributed by atoms with Crippen LogP contribution >= 0.6 is 24.8 Å². The van der Waals surface area contributed by atoms with Crippen molar-refractivity contribution >= 4 is 24.8 Å². The van der Waals surface area contributed by atoms with Gasteiger partial charge >= 0.3 is 0 Å². The molecule has 1 N–H and O–H groups in total. The van der Waals surface area contributed by atoms with E-state index in [2.05, 4.69) is 103 Å². The van der Waals surface area contributed by atoms with Crippen LogP contribution in [0.1, 0.15) is 48.4 Å². The van der Waals surface area contributed by atoms with Crippen molar-refractivity contribution in [2.75, 3.05) is 14.1 Å². The monoisotopic (exact) mass is 454 g/mol. The summed E-state index contributed by atoms with van der Waals surface area (Å²) in [5, 5.41) is 4.04. The van der Waals surface area contributed by atoms with Crippen molar-refractivity contribution in [3.05, 3.63) is 95.6 Å². The summed E-state index contributed by atoms with van der Waals surface area (Å²) in [6, 6.07) is 29.7. The average Bonchev–Trinajstić information content (AvgIpc) is 3.09. The number of fused-ring (bicyclic) bond motifs is 3. The molecular weight excluding hydrogens is 423 g/mol. The van der Waals surface area contributed by atoms with Crippen LogP contribution in [-0.4, -0.2) is 25.0 Å². The van der Waals surface area contributed by atoms with E-state index in [0.29, 0.717) is 12.1 Å². The fourth-order valence-electron chi connectivity index (χ4n) is 5.58. The Labute approximate surface area is 198 Å². The van der Waals surface area contributed by atoms with E-state index in [4.69, 9.17) is 0 Å². The molecule has 31 heavy (non-hydrogen) atoms. The van der Waals surface area contributed by atoms with Crippen LogP contribution in [-0.2, 0) is 5.54 Å². The van der Waals surface area contributed by atoms with Gasteiger partial charge in [0.2, 0.25) is 0 Å². The predicted molar refractivity (Wildman–Crippen MR) is 135 cm³/mol. The highest BCUT2D eigenvalue weighted by Gasteiger charge is 2.40. The van der Waals surface area contributed by atoms with Gasteiger partial charge in [-0.3, -0.25) is 4.90 Å². The topological polar surface area (TPSA) is 15.3 Å². The summed E-state index contributed by atoms with van der Waals surface area (Å²) in [4.78, 5) is 2.44. The van der Waals surface area contributed by atoms with E-state index in [1.807, 2.05) is 0 Å². The lowest BCUT2D eigenvalue weighted by atomic mass is 9.74. The molecule has 5 rings (SSSR count). The van der Waals surface area contributed by atoms with Crippen LogP contribution in [0.25, 0.3) is 11.1 Å². The molecule has 0 heterocycles. The van der Waals surface area contributed by atoms with Gasteiger partial charge in [0.1, 0.15) is 0 Å². The highest BCUT2D eigenvalue weighted by molar-refractivity contribution is 5.85. The number of benzene rings is 3. The first-order chi connectivity index (χ1) is 14.2. The molecule has 164 valence electrons. The summed E-state index contributed by atoms with van der Waals surface area (Å²) in [6.45, 7) is 0. The Balaban J connectivity index is 0.00000136. The van der Waals surface area contributed by atoms with E-state index in [0.717, 1.165) is 0 Å². The lowest BCUT2D eigenvalue weighted by Crippen LogP contribution is -2.48. The molecule has 0 atom stereocenters. The van der Waals surface area contributed by atoms with E-state index in [1.54, 1.807) is 0 Å². The Bertz CT molecular complexity index is 949. The molecule has 3 aromatic rings. The van der Waals surface area contributed by atoms with Gasteiger partial charge in [-0.25, -0.2) is 0 Å². The Morgan fingerprint density at radius 1 is 0.710 bits per heavy atom. The quantitative estimate of drug-likeness (QED) is 0.478. The molecule has 2 aliphatic carbocycles. The normalized spacial score (nSPS) is 22.2. The molecule has 0 amide bonds. The largest absolute Gasteiger partial charge is 0.303 e. The first-order valence-corrected chi connectivity index (χ1v) is 10.9. The molecule has 2 nitrogen and oxygen atoms in total. The standard InChI is InChI=1S/C27H30N2.2ClH/c1-29(2)27(20-10-4-3-5-11-20)18-16-21(17-19-27)28-26-24-14-8-6-12-22(24)23-13-7-9-15-25(23)26;;/h3-15,21,26,28H,16-19H2,1-2H3;2*1H. The molecule has 1 saturated carbocycles. The fourth-order valence-corrected chi connectivity index (χ4v) is 5.58.